The molecule has 0 unspecified atom stereocenters. The fourth-order valence-electron chi connectivity index (χ4n) is 4.71. The van der Waals surface area contributed by atoms with Crippen molar-refractivity contribution in [3.05, 3.63) is 47.0 Å². The van der Waals surface area contributed by atoms with Gasteiger partial charge in [-0.15, -0.1) is 0 Å². The van der Waals surface area contributed by atoms with Gasteiger partial charge in [0.05, 0.1) is 0 Å². The Kier molecular flexibility index (Phi) is 2.77. The van der Waals surface area contributed by atoms with E-state index in [-0.39, 0.29) is 34.6 Å². The predicted octanol–water partition coefficient (Wildman–Crippen LogP) is 3.31. The third-order valence-electron chi connectivity index (χ3n) is 6.58. The van der Waals surface area contributed by atoms with Gasteiger partial charge in [-0.25, -0.2) is 0 Å². The van der Waals surface area contributed by atoms with Gasteiger partial charge in [0.1, 0.15) is 12.0 Å². The summed E-state index contributed by atoms with van der Waals surface area (Å²) in [7, 11) is 0. The Bertz CT molecular complexity index is 758. The van der Waals surface area contributed by atoms with Crippen molar-refractivity contribution in [2.75, 3.05) is 0 Å². The number of allylic oxidation sites excluding steroid dienone is 1. The highest BCUT2D eigenvalue weighted by Crippen LogP contribution is 2.61. The van der Waals surface area contributed by atoms with E-state index in [1.54, 1.807) is 6.08 Å². The van der Waals surface area contributed by atoms with E-state index in [4.69, 9.17) is 4.74 Å². The highest BCUT2D eigenvalue weighted by molar-refractivity contribution is 6.08. The van der Waals surface area contributed by atoms with Crippen LogP contribution in [0.5, 0.6) is 0 Å². The smallest absolute Gasteiger partial charge is 0.317 e. The average molecular weight is 310 g/mol. The molecular formula is C20H22O3. The van der Waals surface area contributed by atoms with Crippen molar-refractivity contribution in [3.8, 4) is 0 Å². The second-order valence-corrected chi connectivity index (χ2v) is 7.78. The fourth-order valence-corrected chi connectivity index (χ4v) is 4.71. The summed E-state index contributed by atoms with van der Waals surface area (Å²) in [5.74, 6) is -1.31. The number of hydrogen-bond acceptors (Lipinski definition) is 3. The van der Waals surface area contributed by atoms with Gasteiger partial charge in [-0.05, 0) is 29.2 Å². The van der Waals surface area contributed by atoms with Gasteiger partial charge in [-0.1, -0.05) is 52.0 Å². The van der Waals surface area contributed by atoms with Crippen molar-refractivity contribution in [2.45, 2.75) is 51.6 Å². The topological polar surface area (TPSA) is 43.4 Å². The molecule has 1 saturated heterocycles. The standard InChI is InChI=1S/C20H22O3/c1-5-11-6-7-13-12(10-11)15-16-14(21)8-9-20(4,19(13,2)3)17(15)23-18(16)22/h6-10,15-17H,5H2,1-4H3/t15-,16+,17+,20+/m0/s1. The number of esters is 1. The number of carbonyl (C=O) groups excluding carboxylic acids is 2. The van der Waals surface area contributed by atoms with Gasteiger partial charge in [0, 0.05) is 16.7 Å². The summed E-state index contributed by atoms with van der Waals surface area (Å²) >= 11 is 0. The molecule has 0 amide bonds. The van der Waals surface area contributed by atoms with Crippen molar-refractivity contribution in [2.24, 2.45) is 11.3 Å². The van der Waals surface area contributed by atoms with Crippen LogP contribution in [0.3, 0.4) is 0 Å². The molecule has 0 saturated carbocycles. The van der Waals surface area contributed by atoms with Crippen molar-refractivity contribution < 1.29 is 14.3 Å². The Hall–Kier alpha value is -1.90. The van der Waals surface area contributed by atoms with Gasteiger partial charge >= 0.3 is 5.97 Å². The van der Waals surface area contributed by atoms with Crippen LogP contribution >= 0.6 is 0 Å². The zero-order valence-corrected chi connectivity index (χ0v) is 14.1. The fraction of sp³-hybridized carbons (Fsp3) is 0.500. The first-order valence-corrected chi connectivity index (χ1v) is 8.38. The molecule has 3 heteroatoms. The summed E-state index contributed by atoms with van der Waals surface area (Å²) < 4.78 is 5.76. The number of rotatable bonds is 1. The van der Waals surface area contributed by atoms with Crippen LogP contribution in [-0.4, -0.2) is 17.9 Å². The molecule has 3 nitrogen and oxygen atoms in total. The van der Waals surface area contributed by atoms with Crippen LogP contribution in [-0.2, 0) is 26.2 Å². The molecule has 1 aromatic carbocycles. The molecule has 0 radical (unpaired) electrons. The minimum Gasteiger partial charge on any atom is -0.460 e. The number of carbonyl (C=O) groups is 2. The Morgan fingerprint density at radius 3 is 2.61 bits per heavy atom. The lowest BCUT2D eigenvalue weighted by molar-refractivity contribution is -0.150. The lowest BCUT2D eigenvalue weighted by atomic mass is 9.52. The Labute approximate surface area is 136 Å². The molecule has 0 spiro atoms. The average Bonchev–Trinajstić information content (AvgIpc) is 2.83. The summed E-state index contributed by atoms with van der Waals surface area (Å²) in [5, 5.41) is 0. The quantitative estimate of drug-likeness (QED) is 0.590. The van der Waals surface area contributed by atoms with Crippen LogP contribution in [0.1, 0.15) is 50.3 Å². The highest BCUT2D eigenvalue weighted by atomic mass is 16.6. The lowest BCUT2D eigenvalue weighted by Crippen LogP contribution is -2.52. The van der Waals surface area contributed by atoms with E-state index in [0.29, 0.717) is 0 Å². The number of ketones is 1. The monoisotopic (exact) mass is 310 g/mol. The summed E-state index contributed by atoms with van der Waals surface area (Å²) in [4.78, 5) is 25.0. The highest BCUT2D eigenvalue weighted by Gasteiger charge is 2.64. The number of fused-ring (bicyclic) bond motifs is 1. The van der Waals surface area contributed by atoms with Gasteiger partial charge in [0.2, 0.25) is 0 Å². The van der Waals surface area contributed by atoms with Crippen molar-refractivity contribution in [1.29, 1.82) is 0 Å². The van der Waals surface area contributed by atoms with Crippen LogP contribution in [0.2, 0.25) is 0 Å². The van der Waals surface area contributed by atoms with E-state index < -0.39 is 5.92 Å². The number of hydrogen-bond donors (Lipinski definition) is 0. The van der Waals surface area contributed by atoms with Crippen LogP contribution in [0.25, 0.3) is 0 Å². The first-order chi connectivity index (χ1) is 10.8. The lowest BCUT2D eigenvalue weighted by Gasteiger charge is -2.52. The second kappa shape index (κ2) is 4.34. The van der Waals surface area contributed by atoms with E-state index >= 15 is 0 Å². The van der Waals surface area contributed by atoms with Crippen LogP contribution in [0.4, 0.5) is 0 Å². The minimum atomic E-state index is -0.681. The van der Waals surface area contributed by atoms with Crippen LogP contribution < -0.4 is 0 Å². The first kappa shape index (κ1) is 14.7. The molecule has 3 aliphatic rings. The number of ether oxygens (including phenoxy) is 1. The summed E-state index contributed by atoms with van der Waals surface area (Å²) in [6.07, 6.45) is 4.27. The molecule has 2 aliphatic carbocycles. The third-order valence-corrected chi connectivity index (χ3v) is 6.58. The second-order valence-electron chi connectivity index (χ2n) is 7.78. The van der Waals surface area contributed by atoms with Crippen molar-refractivity contribution in [3.63, 3.8) is 0 Å². The van der Waals surface area contributed by atoms with Gasteiger partial charge in [0.15, 0.2) is 5.78 Å². The molecule has 0 aromatic heterocycles. The van der Waals surface area contributed by atoms with E-state index in [0.717, 1.165) is 12.0 Å². The molecular weight excluding hydrogens is 288 g/mol. The molecule has 1 aliphatic heterocycles. The third kappa shape index (κ3) is 1.60. The van der Waals surface area contributed by atoms with E-state index in [9.17, 15) is 9.59 Å². The molecule has 1 aromatic rings. The minimum absolute atomic E-state index is 0.114. The van der Waals surface area contributed by atoms with E-state index in [1.165, 1.54) is 11.1 Å². The molecule has 23 heavy (non-hydrogen) atoms. The SMILES string of the molecule is CCc1ccc2c(c1)[C@H]1[C@H]3C(=O)C=C[C@](C)([C@@H]1OC3=O)C2(C)C. The van der Waals surface area contributed by atoms with Crippen molar-refractivity contribution >= 4 is 11.8 Å². The molecule has 0 N–H and O–H groups in total. The van der Waals surface area contributed by atoms with Crippen LogP contribution in [0, 0.1) is 11.3 Å². The first-order valence-electron chi connectivity index (χ1n) is 8.38. The Morgan fingerprint density at radius 2 is 1.91 bits per heavy atom. The Morgan fingerprint density at radius 1 is 1.17 bits per heavy atom. The van der Waals surface area contributed by atoms with Gasteiger partial charge in [0.25, 0.3) is 0 Å². The normalized spacial score (nSPS) is 36.4. The maximum atomic E-state index is 12.6. The summed E-state index contributed by atoms with van der Waals surface area (Å²) in [5.41, 5.74) is 3.01. The summed E-state index contributed by atoms with van der Waals surface area (Å²) in [6, 6.07) is 6.53. The molecule has 4 bridgehead atoms. The van der Waals surface area contributed by atoms with Crippen molar-refractivity contribution in [1.82, 2.24) is 0 Å². The number of benzene rings is 1. The van der Waals surface area contributed by atoms with Gasteiger partial charge < -0.3 is 4.74 Å². The molecule has 1 fully saturated rings. The molecule has 4 atom stereocenters. The van der Waals surface area contributed by atoms with Crippen LogP contribution in [0.15, 0.2) is 30.4 Å². The van der Waals surface area contributed by atoms with Gasteiger partial charge in [-0.3, -0.25) is 9.59 Å². The van der Waals surface area contributed by atoms with Gasteiger partial charge in [-0.2, -0.15) is 0 Å². The maximum Gasteiger partial charge on any atom is 0.317 e. The zero-order chi connectivity index (χ0) is 16.6. The Balaban J connectivity index is 2.06. The zero-order valence-electron chi connectivity index (χ0n) is 14.1. The van der Waals surface area contributed by atoms with E-state index in [2.05, 4.69) is 45.9 Å². The maximum absolute atomic E-state index is 12.6. The largest absolute Gasteiger partial charge is 0.460 e. The molecule has 1 heterocycles. The molecule has 120 valence electrons. The predicted molar refractivity (Wildman–Crippen MR) is 87.2 cm³/mol. The summed E-state index contributed by atoms with van der Waals surface area (Å²) in [6.45, 7) is 8.62. The number of aryl methyl sites for hydroxylation is 1. The van der Waals surface area contributed by atoms with E-state index in [1.807, 2.05) is 6.08 Å². The molecule has 4 rings (SSSR count).